The predicted molar refractivity (Wildman–Crippen MR) is 67.7 cm³/mol. The molecule has 94 valence electrons. The summed E-state index contributed by atoms with van der Waals surface area (Å²) in [6.07, 6.45) is 5.93. The van der Waals surface area contributed by atoms with E-state index in [0.717, 1.165) is 12.8 Å². The zero-order valence-electron chi connectivity index (χ0n) is 9.78. The molecular formula is C11H19N5O. The maximum Gasteiger partial charge on any atom is 0.276 e. The summed E-state index contributed by atoms with van der Waals surface area (Å²) in [5.41, 5.74) is 11.3. The van der Waals surface area contributed by atoms with Crippen LogP contribution in [-0.4, -0.2) is 22.6 Å². The van der Waals surface area contributed by atoms with E-state index in [0.29, 0.717) is 18.3 Å². The van der Waals surface area contributed by atoms with Crippen LogP contribution in [0.2, 0.25) is 0 Å². The number of aromatic nitrogens is 2. The first-order valence-electron chi connectivity index (χ1n) is 6.02. The van der Waals surface area contributed by atoms with Gasteiger partial charge in [-0.25, -0.2) is 4.98 Å². The quantitative estimate of drug-likeness (QED) is 0.603. The number of anilines is 2. The van der Waals surface area contributed by atoms with E-state index >= 15 is 0 Å². The third kappa shape index (κ3) is 2.58. The van der Waals surface area contributed by atoms with Crippen molar-refractivity contribution < 1.29 is 0 Å². The van der Waals surface area contributed by atoms with Crippen LogP contribution in [0.15, 0.2) is 11.1 Å². The maximum absolute atomic E-state index is 11.3. The third-order valence-corrected chi connectivity index (χ3v) is 3.42. The molecule has 6 heteroatoms. The second-order valence-electron chi connectivity index (χ2n) is 4.53. The standard InChI is InChI=1S/C11H19N5O/c12-5-7-3-1-2-4-8(7)16-10-9(13)11(17)15-6-14-10/h6-8H,1-5,12-13H2,(H2,14,15,16,17). The number of hydrogen-bond donors (Lipinski definition) is 4. The summed E-state index contributed by atoms with van der Waals surface area (Å²) in [7, 11) is 0. The summed E-state index contributed by atoms with van der Waals surface area (Å²) in [5, 5.41) is 3.25. The Labute approximate surface area is 99.8 Å². The van der Waals surface area contributed by atoms with Gasteiger partial charge < -0.3 is 21.8 Å². The number of nitrogen functional groups attached to an aromatic ring is 1. The highest BCUT2D eigenvalue weighted by molar-refractivity contribution is 5.59. The molecule has 17 heavy (non-hydrogen) atoms. The Bertz CT molecular complexity index is 430. The summed E-state index contributed by atoms with van der Waals surface area (Å²) < 4.78 is 0. The monoisotopic (exact) mass is 237 g/mol. The topological polar surface area (TPSA) is 110 Å². The van der Waals surface area contributed by atoms with Gasteiger partial charge in [0.25, 0.3) is 5.56 Å². The van der Waals surface area contributed by atoms with Crippen molar-refractivity contribution >= 4 is 11.5 Å². The molecule has 6 nitrogen and oxygen atoms in total. The molecule has 2 rings (SSSR count). The van der Waals surface area contributed by atoms with E-state index in [1.54, 1.807) is 0 Å². The van der Waals surface area contributed by atoms with Crippen LogP contribution in [0.25, 0.3) is 0 Å². The number of rotatable bonds is 3. The van der Waals surface area contributed by atoms with Crippen molar-refractivity contribution in [3.63, 3.8) is 0 Å². The minimum Gasteiger partial charge on any atom is -0.391 e. The Morgan fingerprint density at radius 2 is 2.24 bits per heavy atom. The lowest BCUT2D eigenvalue weighted by molar-refractivity contribution is 0.332. The lowest BCUT2D eigenvalue weighted by atomic mass is 9.84. The van der Waals surface area contributed by atoms with E-state index in [9.17, 15) is 4.79 Å². The highest BCUT2D eigenvalue weighted by atomic mass is 16.1. The van der Waals surface area contributed by atoms with Gasteiger partial charge in [0, 0.05) is 6.04 Å². The number of hydrogen-bond acceptors (Lipinski definition) is 5. The fraction of sp³-hybridized carbons (Fsp3) is 0.636. The summed E-state index contributed by atoms with van der Waals surface area (Å²) in [6, 6.07) is 0.269. The normalized spacial score (nSPS) is 24.5. The highest BCUT2D eigenvalue weighted by Crippen LogP contribution is 2.26. The SMILES string of the molecule is NCC1CCCCC1Nc1nc[nH]c(=O)c1N. The van der Waals surface area contributed by atoms with Gasteiger partial charge in [0.15, 0.2) is 5.82 Å². The molecule has 1 aliphatic carbocycles. The molecule has 1 heterocycles. The average molecular weight is 237 g/mol. The molecule has 1 saturated carbocycles. The Kier molecular flexibility index (Phi) is 3.63. The molecule has 0 amide bonds. The third-order valence-electron chi connectivity index (χ3n) is 3.42. The minimum absolute atomic E-state index is 0.147. The van der Waals surface area contributed by atoms with Gasteiger partial charge in [0.2, 0.25) is 0 Å². The van der Waals surface area contributed by atoms with Crippen molar-refractivity contribution in [2.24, 2.45) is 11.7 Å². The number of H-pyrrole nitrogens is 1. The number of nitrogens with two attached hydrogens (primary N) is 2. The molecule has 6 N–H and O–H groups in total. The molecule has 2 atom stereocenters. The lowest BCUT2D eigenvalue weighted by Crippen LogP contribution is -2.37. The molecule has 0 radical (unpaired) electrons. The Balaban J connectivity index is 2.13. The van der Waals surface area contributed by atoms with Crippen LogP contribution < -0.4 is 22.3 Å². The zero-order chi connectivity index (χ0) is 12.3. The van der Waals surface area contributed by atoms with E-state index in [4.69, 9.17) is 11.5 Å². The molecule has 2 unspecified atom stereocenters. The van der Waals surface area contributed by atoms with Crippen LogP contribution in [0, 0.1) is 5.92 Å². The van der Waals surface area contributed by atoms with E-state index in [1.807, 2.05) is 0 Å². The van der Waals surface area contributed by atoms with Gasteiger partial charge in [-0.3, -0.25) is 4.79 Å². The second kappa shape index (κ2) is 5.18. The largest absolute Gasteiger partial charge is 0.391 e. The highest BCUT2D eigenvalue weighted by Gasteiger charge is 2.24. The smallest absolute Gasteiger partial charge is 0.276 e. The van der Waals surface area contributed by atoms with E-state index in [2.05, 4.69) is 15.3 Å². The second-order valence-corrected chi connectivity index (χ2v) is 4.53. The van der Waals surface area contributed by atoms with Crippen molar-refractivity contribution in [1.29, 1.82) is 0 Å². The van der Waals surface area contributed by atoms with Crippen molar-refractivity contribution in [2.45, 2.75) is 31.7 Å². The Hall–Kier alpha value is -1.56. The minimum atomic E-state index is -0.303. The molecule has 1 aliphatic rings. The van der Waals surface area contributed by atoms with Crippen molar-refractivity contribution in [3.05, 3.63) is 16.7 Å². The maximum atomic E-state index is 11.3. The Morgan fingerprint density at radius 1 is 1.47 bits per heavy atom. The van der Waals surface area contributed by atoms with Crippen molar-refractivity contribution in [3.8, 4) is 0 Å². The first-order chi connectivity index (χ1) is 8.22. The van der Waals surface area contributed by atoms with Crippen LogP contribution in [-0.2, 0) is 0 Å². The first-order valence-corrected chi connectivity index (χ1v) is 6.02. The molecule has 1 aromatic heterocycles. The van der Waals surface area contributed by atoms with Crippen molar-refractivity contribution in [1.82, 2.24) is 9.97 Å². The van der Waals surface area contributed by atoms with Crippen LogP contribution in [0.3, 0.4) is 0 Å². The summed E-state index contributed by atoms with van der Waals surface area (Å²) in [5.74, 6) is 0.906. The van der Waals surface area contributed by atoms with Gasteiger partial charge in [0.05, 0.1) is 6.33 Å². The zero-order valence-corrected chi connectivity index (χ0v) is 9.78. The molecule has 1 fully saturated rings. The van der Waals surface area contributed by atoms with Crippen LogP contribution in [0.5, 0.6) is 0 Å². The average Bonchev–Trinajstić information content (AvgIpc) is 2.35. The molecular weight excluding hydrogens is 218 g/mol. The first kappa shape index (κ1) is 11.9. The van der Waals surface area contributed by atoms with Crippen LogP contribution >= 0.6 is 0 Å². The molecule has 0 bridgehead atoms. The van der Waals surface area contributed by atoms with Gasteiger partial charge in [-0.05, 0) is 25.3 Å². The summed E-state index contributed by atoms with van der Waals surface area (Å²) in [4.78, 5) is 17.9. The lowest BCUT2D eigenvalue weighted by Gasteiger charge is -2.31. The van der Waals surface area contributed by atoms with Gasteiger partial charge in [-0.1, -0.05) is 12.8 Å². The van der Waals surface area contributed by atoms with E-state index in [-0.39, 0.29) is 17.3 Å². The van der Waals surface area contributed by atoms with E-state index in [1.165, 1.54) is 19.2 Å². The van der Waals surface area contributed by atoms with Gasteiger partial charge in [-0.2, -0.15) is 0 Å². The summed E-state index contributed by atoms with van der Waals surface area (Å²) >= 11 is 0. The van der Waals surface area contributed by atoms with E-state index < -0.39 is 0 Å². The number of nitrogens with one attached hydrogen (secondary N) is 2. The predicted octanol–water partition coefficient (Wildman–Crippen LogP) is 0.281. The van der Waals surface area contributed by atoms with Gasteiger partial charge >= 0.3 is 0 Å². The molecule has 0 spiro atoms. The fourth-order valence-electron chi connectivity index (χ4n) is 2.38. The van der Waals surface area contributed by atoms with Crippen molar-refractivity contribution in [2.75, 3.05) is 17.6 Å². The number of aromatic amines is 1. The molecule has 0 aliphatic heterocycles. The van der Waals surface area contributed by atoms with Crippen LogP contribution in [0.1, 0.15) is 25.7 Å². The molecule has 0 saturated heterocycles. The fourth-order valence-corrected chi connectivity index (χ4v) is 2.38. The van der Waals surface area contributed by atoms with Gasteiger partial charge in [-0.15, -0.1) is 0 Å². The molecule has 0 aromatic carbocycles. The number of nitrogens with zero attached hydrogens (tertiary/aromatic N) is 1. The summed E-state index contributed by atoms with van der Waals surface area (Å²) in [6.45, 7) is 0.654. The van der Waals surface area contributed by atoms with Crippen LogP contribution in [0.4, 0.5) is 11.5 Å². The van der Waals surface area contributed by atoms with Gasteiger partial charge in [0.1, 0.15) is 5.69 Å². The Morgan fingerprint density at radius 3 is 3.00 bits per heavy atom. The molecule has 1 aromatic rings.